The molecule has 1 rings (SSSR count). The molecule has 0 saturated carbocycles. The Morgan fingerprint density at radius 2 is 1.94 bits per heavy atom. The number of hydrogen-bond donors (Lipinski definition) is 1. The second-order valence-electron chi connectivity index (χ2n) is 4.01. The zero-order valence-corrected chi connectivity index (χ0v) is 10.3. The van der Waals surface area contributed by atoms with Crippen molar-refractivity contribution in [1.29, 1.82) is 0 Å². The van der Waals surface area contributed by atoms with Gasteiger partial charge in [0.2, 0.25) is 0 Å². The Bertz CT molecular complexity index is 308. The van der Waals surface area contributed by atoms with Crippen molar-refractivity contribution < 1.29 is 9.84 Å². The summed E-state index contributed by atoms with van der Waals surface area (Å²) in [5, 5.41) is 9.70. The zero-order valence-electron chi connectivity index (χ0n) is 10.3. The average Bonchev–Trinajstić information content (AvgIpc) is 2.29. The second kappa shape index (κ2) is 7.15. The van der Waals surface area contributed by atoms with E-state index >= 15 is 0 Å². The van der Waals surface area contributed by atoms with E-state index in [1.54, 1.807) is 6.07 Å². The molecule has 0 amide bonds. The van der Waals surface area contributed by atoms with Crippen molar-refractivity contribution in [2.45, 2.75) is 46.0 Å². The highest BCUT2D eigenvalue weighted by atomic mass is 16.5. The van der Waals surface area contributed by atoms with E-state index in [2.05, 4.69) is 6.92 Å². The lowest BCUT2D eigenvalue weighted by atomic mass is 10.0. The Labute approximate surface area is 98.3 Å². The van der Waals surface area contributed by atoms with Crippen LogP contribution in [-0.2, 0) is 6.42 Å². The van der Waals surface area contributed by atoms with Gasteiger partial charge in [0, 0.05) is 0 Å². The lowest BCUT2D eigenvalue weighted by Crippen LogP contribution is -1.97. The zero-order chi connectivity index (χ0) is 11.8. The van der Waals surface area contributed by atoms with E-state index in [1.807, 2.05) is 19.1 Å². The second-order valence-corrected chi connectivity index (χ2v) is 4.01. The Morgan fingerprint density at radius 1 is 1.12 bits per heavy atom. The molecule has 2 nitrogen and oxygen atoms in total. The van der Waals surface area contributed by atoms with Gasteiger partial charge in [0.25, 0.3) is 0 Å². The highest BCUT2D eigenvalue weighted by molar-refractivity contribution is 5.45. The molecule has 0 unspecified atom stereocenters. The Hall–Kier alpha value is -1.18. The first-order chi connectivity index (χ1) is 7.79. The summed E-state index contributed by atoms with van der Waals surface area (Å²) in [4.78, 5) is 0. The van der Waals surface area contributed by atoms with Crippen LogP contribution >= 0.6 is 0 Å². The van der Waals surface area contributed by atoms with Crippen LogP contribution in [0.1, 0.15) is 45.1 Å². The SMILES string of the molecule is CCCCCCc1cccc(O)c1OCC. The van der Waals surface area contributed by atoms with Crippen LogP contribution in [0.4, 0.5) is 0 Å². The molecule has 90 valence electrons. The van der Waals surface area contributed by atoms with Gasteiger partial charge in [-0.2, -0.15) is 0 Å². The van der Waals surface area contributed by atoms with Crippen LogP contribution in [0, 0.1) is 0 Å². The molecule has 16 heavy (non-hydrogen) atoms. The van der Waals surface area contributed by atoms with Crippen LogP contribution in [-0.4, -0.2) is 11.7 Å². The number of unbranched alkanes of at least 4 members (excludes halogenated alkanes) is 3. The maximum absolute atomic E-state index is 9.70. The van der Waals surface area contributed by atoms with Crippen LogP contribution in [0.25, 0.3) is 0 Å². The van der Waals surface area contributed by atoms with Gasteiger partial charge in [-0.1, -0.05) is 38.3 Å². The molecule has 0 aromatic heterocycles. The fraction of sp³-hybridized carbons (Fsp3) is 0.571. The van der Waals surface area contributed by atoms with Crippen molar-refractivity contribution in [2.24, 2.45) is 0 Å². The van der Waals surface area contributed by atoms with E-state index < -0.39 is 0 Å². The third-order valence-electron chi connectivity index (χ3n) is 2.66. The van der Waals surface area contributed by atoms with Gasteiger partial charge in [-0.15, -0.1) is 0 Å². The maximum atomic E-state index is 9.70. The van der Waals surface area contributed by atoms with Gasteiger partial charge in [-0.05, 0) is 31.4 Å². The van der Waals surface area contributed by atoms with E-state index in [0.29, 0.717) is 12.4 Å². The lowest BCUT2D eigenvalue weighted by Gasteiger charge is -2.11. The number of ether oxygens (including phenoxy) is 1. The van der Waals surface area contributed by atoms with E-state index in [0.717, 1.165) is 18.4 Å². The Morgan fingerprint density at radius 3 is 2.62 bits per heavy atom. The minimum Gasteiger partial charge on any atom is -0.504 e. The number of hydrogen-bond acceptors (Lipinski definition) is 2. The van der Waals surface area contributed by atoms with Crippen molar-refractivity contribution in [3.63, 3.8) is 0 Å². The molecule has 0 aliphatic heterocycles. The lowest BCUT2D eigenvalue weighted by molar-refractivity contribution is 0.314. The maximum Gasteiger partial charge on any atom is 0.164 e. The summed E-state index contributed by atoms with van der Waals surface area (Å²) in [5.74, 6) is 0.927. The molecule has 1 N–H and O–H groups in total. The van der Waals surface area contributed by atoms with Crippen LogP contribution in [0.5, 0.6) is 11.5 Å². The van der Waals surface area contributed by atoms with Gasteiger partial charge in [0.05, 0.1) is 6.61 Å². The van der Waals surface area contributed by atoms with Crippen molar-refractivity contribution in [1.82, 2.24) is 0 Å². The summed E-state index contributed by atoms with van der Waals surface area (Å²) < 4.78 is 5.47. The fourth-order valence-corrected chi connectivity index (χ4v) is 1.82. The summed E-state index contributed by atoms with van der Waals surface area (Å²) in [6, 6.07) is 5.60. The number of rotatable bonds is 7. The van der Waals surface area contributed by atoms with E-state index in [1.165, 1.54) is 19.3 Å². The topological polar surface area (TPSA) is 29.5 Å². The molecule has 0 atom stereocenters. The molecule has 0 aliphatic rings. The molecular formula is C14H22O2. The largest absolute Gasteiger partial charge is 0.504 e. The van der Waals surface area contributed by atoms with E-state index in [9.17, 15) is 5.11 Å². The summed E-state index contributed by atoms with van der Waals surface area (Å²) >= 11 is 0. The normalized spacial score (nSPS) is 10.4. The molecular weight excluding hydrogens is 200 g/mol. The number of phenolic OH excluding ortho intramolecular Hbond substituents is 1. The third-order valence-corrected chi connectivity index (χ3v) is 2.66. The molecule has 2 heteroatoms. The number of para-hydroxylation sites is 1. The van der Waals surface area contributed by atoms with Crippen molar-refractivity contribution in [3.05, 3.63) is 23.8 Å². The quantitative estimate of drug-likeness (QED) is 0.709. The van der Waals surface area contributed by atoms with Crippen LogP contribution in [0.15, 0.2) is 18.2 Å². The van der Waals surface area contributed by atoms with Gasteiger partial charge in [0.1, 0.15) is 0 Å². The molecule has 0 spiro atoms. The molecule has 1 aromatic carbocycles. The van der Waals surface area contributed by atoms with Gasteiger partial charge < -0.3 is 9.84 Å². The number of benzene rings is 1. The molecule has 0 saturated heterocycles. The smallest absolute Gasteiger partial charge is 0.164 e. The van der Waals surface area contributed by atoms with Crippen molar-refractivity contribution >= 4 is 0 Å². The van der Waals surface area contributed by atoms with Crippen LogP contribution in [0.3, 0.4) is 0 Å². The van der Waals surface area contributed by atoms with Crippen LogP contribution < -0.4 is 4.74 Å². The summed E-state index contributed by atoms with van der Waals surface area (Å²) in [6.07, 6.45) is 5.93. The summed E-state index contributed by atoms with van der Waals surface area (Å²) in [7, 11) is 0. The van der Waals surface area contributed by atoms with E-state index in [4.69, 9.17) is 4.74 Å². The summed E-state index contributed by atoms with van der Waals surface area (Å²) in [5.41, 5.74) is 1.12. The average molecular weight is 222 g/mol. The first-order valence-electron chi connectivity index (χ1n) is 6.23. The highest BCUT2D eigenvalue weighted by Gasteiger charge is 2.07. The Kier molecular flexibility index (Phi) is 5.76. The van der Waals surface area contributed by atoms with Gasteiger partial charge in [-0.3, -0.25) is 0 Å². The first kappa shape index (κ1) is 12.9. The van der Waals surface area contributed by atoms with Gasteiger partial charge in [-0.25, -0.2) is 0 Å². The molecule has 0 fully saturated rings. The number of aryl methyl sites for hydroxylation is 1. The third kappa shape index (κ3) is 3.76. The monoisotopic (exact) mass is 222 g/mol. The predicted molar refractivity (Wildman–Crippen MR) is 67.1 cm³/mol. The molecule has 0 bridgehead atoms. The molecule has 0 aliphatic carbocycles. The van der Waals surface area contributed by atoms with Gasteiger partial charge >= 0.3 is 0 Å². The standard InChI is InChI=1S/C14H22O2/c1-3-5-6-7-9-12-10-8-11-13(15)14(12)16-4-2/h8,10-11,15H,3-7,9H2,1-2H3. The minimum absolute atomic E-state index is 0.259. The first-order valence-corrected chi connectivity index (χ1v) is 6.23. The summed E-state index contributed by atoms with van der Waals surface area (Å²) in [6.45, 7) is 4.74. The van der Waals surface area contributed by atoms with Crippen molar-refractivity contribution in [3.8, 4) is 11.5 Å². The van der Waals surface area contributed by atoms with Gasteiger partial charge in [0.15, 0.2) is 11.5 Å². The number of phenols is 1. The molecule has 0 radical (unpaired) electrons. The highest BCUT2D eigenvalue weighted by Crippen LogP contribution is 2.31. The molecule has 1 aromatic rings. The predicted octanol–water partition coefficient (Wildman–Crippen LogP) is 3.91. The fourth-order valence-electron chi connectivity index (χ4n) is 1.82. The number of aromatic hydroxyl groups is 1. The minimum atomic E-state index is 0.259. The molecule has 0 heterocycles. The van der Waals surface area contributed by atoms with Crippen LogP contribution in [0.2, 0.25) is 0 Å². The van der Waals surface area contributed by atoms with Crippen molar-refractivity contribution in [2.75, 3.05) is 6.61 Å². The Balaban J connectivity index is 2.59. The van der Waals surface area contributed by atoms with E-state index in [-0.39, 0.29) is 5.75 Å².